The van der Waals surface area contributed by atoms with Crippen LogP contribution in [-0.2, 0) is 4.74 Å². The van der Waals surface area contributed by atoms with Gasteiger partial charge in [0.25, 0.3) is 0 Å². The van der Waals surface area contributed by atoms with Crippen LogP contribution in [0.3, 0.4) is 0 Å². The predicted molar refractivity (Wildman–Crippen MR) is 191 cm³/mol. The second-order valence-corrected chi connectivity index (χ2v) is 12.8. The minimum absolute atomic E-state index is 0.0945. The maximum absolute atomic E-state index is 12.6. The van der Waals surface area contributed by atoms with E-state index in [1.165, 1.54) is 41.7 Å². The average Bonchev–Trinajstić information content (AvgIpc) is 3.80. The lowest BCUT2D eigenvalue weighted by Crippen LogP contribution is -2.54. The third-order valence-electron chi connectivity index (χ3n) is 7.54. The Labute approximate surface area is 270 Å². The first-order chi connectivity index (χ1) is 20.8. The largest absolute Gasteiger partial charge is 0.444 e. The Hall–Kier alpha value is -3.26. The van der Waals surface area contributed by atoms with Gasteiger partial charge in [0.2, 0.25) is 0 Å². The quantitative estimate of drug-likeness (QED) is 0.134. The number of amides is 1. The molecule has 1 atom stereocenters. The van der Waals surface area contributed by atoms with Gasteiger partial charge >= 0.3 is 6.09 Å². The summed E-state index contributed by atoms with van der Waals surface area (Å²) in [6.07, 6.45) is 26.5. The third-order valence-corrected chi connectivity index (χ3v) is 7.54. The summed E-state index contributed by atoms with van der Waals surface area (Å²) in [5, 5.41) is 0. The van der Waals surface area contributed by atoms with Crippen LogP contribution < -0.4 is 0 Å². The van der Waals surface area contributed by atoms with Crippen LogP contribution in [0, 0.1) is 18.3 Å². The van der Waals surface area contributed by atoms with E-state index >= 15 is 0 Å². The first kappa shape index (κ1) is 38.8. The minimum Gasteiger partial charge on any atom is -0.444 e. The summed E-state index contributed by atoms with van der Waals surface area (Å²) < 4.78 is 5.60. The molecule has 0 aromatic carbocycles. The van der Waals surface area contributed by atoms with Crippen molar-refractivity contribution in [2.75, 3.05) is 19.6 Å². The van der Waals surface area contributed by atoms with Crippen molar-refractivity contribution < 1.29 is 9.53 Å². The molecule has 44 heavy (non-hydrogen) atoms. The summed E-state index contributed by atoms with van der Waals surface area (Å²) in [5.41, 5.74) is 6.86. The van der Waals surface area contributed by atoms with Crippen molar-refractivity contribution in [3.63, 3.8) is 0 Å². The van der Waals surface area contributed by atoms with Crippen molar-refractivity contribution >= 4 is 11.8 Å². The molecule has 1 unspecified atom stereocenters. The van der Waals surface area contributed by atoms with Crippen molar-refractivity contribution in [1.82, 2.24) is 9.80 Å². The smallest absolute Gasteiger partial charge is 0.410 e. The molecule has 1 aliphatic carbocycles. The number of piperazine rings is 1. The minimum atomic E-state index is -0.471. The second-order valence-electron chi connectivity index (χ2n) is 12.8. The van der Waals surface area contributed by atoms with Crippen LogP contribution in [0.5, 0.6) is 0 Å². The van der Waals surface area contributed by atoms with Gasteiger partial charge in [-0.2, -0.15) is 0 Å². The summed E-state index contributed by atoms with van der Waals surface area (Å²) in [6.45, 7) is 25.1. The van der Waals surface area contributed by atoms with Gasteiger partial charge in [0.05, 0.1) is 0 Å². The normalized spacial score (nSPS) is 19.5. The number of nitrogens with zero attached hydrogens (tertiary/aromatic N) is 3. The molecule has 1 saturated carbocycles. The number of rotatable bonds is 11. The van der Waals surface area contributed by atoms with Crippen LogP contribution >= 0.6 is 0 Å². The van der Waals surface area contributed by atoms with E-state index in [0.29, 0.717) is 12.5 Å². The van der Waals surface area contributed by atoms with Crippen LogP contribution in [0.1, 0.15) is 115 Å². The lowest BCUT2D eigenvalue weighted by molar-refractivity contribution is 0.00494. The summed E-state index contributed by atoms with van der Waals surface area (Å²) in [6, 6.07) is 0.0945. The molecule has 1 amide bonds. The fourth-order valence-corrected chi connectivity index (χ4v) is 5.18. The Kier molecular flexibility index (Phi) is 17.5. The first-order valence-electron chi connectivity index (χ1n) is 16.7. The molecule has 244 valence electrons. The standard InChI is InChI=1S/C25H41N3O2.C14H20/c1-9-11-14-26-19(4)23(22(10-2)21-12-13-21)20(5)27-15-16-28(18(3)17-27)24(29)30-25(6,7)8;1-5-8-9-11-14(7-3)12-13(4)10-6-2/h10-11,14,18,21H,9,12-13,15-17H2,1-8H3;3,8-9,11-12H,5-6,10H2,1-2,4H3/b14-11+,22-10-,23-20-,26-19+;9-8+,13-12+,14-11-. The number of hydrogen-bond donors (Lipinski definition) is 0. The van der Waals surface area contributed by atoms with Crippen molar-refractivity contribution in [3.8, 4) is 12.3 Å². The average molecular weight is 604 g/mol. The highest BCUT2D eigenvalue weighted by Gasteiger charge is 2.34. The molecular weight excluding hydrogens is 542 g/mol. The molecular formula is C39H61N3O2. The van der Waals surface area contributed by atoms with E-state index in [1.807, 2.05) is 44.0 Å². The lowest BCUT2D eigenvalue weighted by atomic mass is 9.94. The highest BCUT2D eigenvalue weighted by atomic mass is 16.6. The first-order valence-corrected chi connectivity index (χ1v) is 16.7. The zero-order valence-electron chi connectivity index (χ0n) is 29.8. The fourth-order valence-electron chi connectivity index (χ4n) is 5.18. The molecule has 2 rings (SSSR count). The molecule has 0 N–H and O–H groups in total. The van der Waals surface area contributed by atoms with Crippen LogP contribution in [0.2, 0.25) is 0 Å². The molecule has 5 nitrogen and oxygen atoms in total. The Balaban J connectivity index is 0.000000582. The molecule has 0 spiro atoms. The zero-order valence-corrected chi connectivity index (χ0v) is 29.8. The Morgan fingerprint density at radius 2 is 1.73 bits per heavy atom. The second kappa shape index (κ2) is 19.9. The third kappa shape index (κ3) is 14.0. The summed E-state index contributed by atoms with van der Waals surface area (Å²) in [4.78, 5) is 21.6. The molecule has 0 radical (unpaired) electrons. The van der Waals surface area contributed by atoms with E-state index < -0.39 is 5.60 Å². The SMILES string of the molecule is C#CC(=C/C=C/CC)/C=C(\C)CCC.C\C=C(C(/C(C)=N/C=C/CC)=C(/C)N1CCN(C(=O)OC(C)(C)C)C(C)C1)\C1CC1. The molecule has 2 aliphatic rings. The number of hydrogen-bond acceptors (Lipinski definition) is 4. The lowest BCUT2D eigenvalue weighted by Gasteiger charge is -2.42. The van der Waals surface area contributed by atoms with Crippen LogP contribution in [-0.4, -0.2) is 52.9 Å². The fraction of sp³-hybridized carbons (Fsp3) is 0.590. The van der Waals surface area contributed by atoms with Gasteiger partial charge in [0.1, 0.15) is 5.60 Å². The van der Waals surface area contributed by atoms with Crippen LogP contribution in [0.4, 0.5) is 4.79 Å². The van der Waals surface area contributed by atoms with E-state index in [4.69, 9.17) is 16.2 Å². The molecule has 0 bridgehead atoms. The molecule has 1 heterocycles. The van der Waals surface area contributed by atoms with E-state index in [1.54, 1.807) is 0 Å². The molecule has 0 aromatic heterocycles. The van der Waals surface area contributed by atoms with Crippen LogP contribution in [0.25, 0.3) is 0 Å². The van der Waals surface area contributed by atoms with Gasteiger partial charge in [-0.15, -0.1) is 6.42 Å². The number of aliphatic imine (C=N–C) groups is 1. The number of allylic oxidation sites excluding steroid dienone is 11. The molecule has 0 aromatic rings. The molecule has 5 heteroatoms. The number of ether oxygens (including phenoxy) is 1. The molecule has 2 fully saturated rings. The number of carbonyl (C=O) groups is 1. The van der Waals surface area contributed by atoms with Crippen LogP contribution in [0.15, 0.2) is 75.6 Å². The van der Waals surface area contributed by atoms with Crippen molar-refractivity contribution in [2.24, 2.45) is 10.9 Å². The highest BCUT2D eigenvalue weighted by Crippen LogP contribution is 2.41. The van der Waals surface area contributed by atoms with Crippen molar-refractivity contribution in [1.29, 1.82) is 0 Å². The van der Waals surface area contributed by atoms with Gasteiger partial charge in [0, 0.05) is 54.4 Å². The predicted octanol–water partition coefficient (Wildman–Crippen LogP) is 10.2. The van der Waals surface area contributed by atoms with E-state index in [2.05, 4.69) is 90.5 Å². The van der Waals surface area contributed by atoms with E-state index in [9.17, 15) is 4.79 Å². The highest BCUT2D eigenvalue weighted by molar-refractivity contribution is 6.03. The zero-order chi connectivity index (χ0) is 33.3. The summed E-state index contributed by atoms with van der Waals surface area (Å²) >= 11 is 0. The van der Waals surface area contributed by atoms with Crippen molar-refractivity contribution in [3.05, 3.63) is 70.6 Å². The van der Waals surface area contributed by atoms with Gasteiger partial charge < -0.3 is 14.5 Å². The van der Waals surface area contributed by atoms with E-state index in [-0.39, 0.29) is 12.1 Å². The van der Waals surface area contributed by atoms with Gasteiger partial charge in [-0.3, -0.25) is 4.99 Å². The maximum atomic E-state index is 12.6. The van der Waals surface area contributed by atoms with Gasteiger partial charge in [-0.1, -0.05) is 63.0 Å². The topological polar surface area (TPSA) is 45.1 Å². The molecule has 1 saturated heterocycles. The monoisotopic (exact) mass is 603 g/mol. The summed E-state index contributed by atoms with van der Waals surface area (Å²) in [7, 11) is 0. The summed E-state index contributed by atoms with van der Waals surface area (Å²) in [5.74, 6) is 3.34. The van der Waals surface area contributed by atoms with Crippen molar-refractivity contribution in [2.45, 2.75) is 126 Å². The number of carbonyl (C=O) groups excluding carboxylic acids is 1. The Morgan fingerprint density at radius 1 is 1.07 bits per heavy atom. The Bertz CT molecular complexity index is 1180. The van der Waals surface area contributed by atoms with Gasteiger partial charge in [-0.05, 0) is 111 Å². The maximum Gasteiger partial charge on any atom is 0.410 e. The molecule has 1 aliphatic heterocycles. The van der Waals surface area contributed by atoms with Gasteiger partial charge in [-0.25, -0.2) is 4.79 Å². The van der Waals surface area contributed by atoms with Gasteiger partial charge in [0.15, 0.2) is 0 Å². The van der Waals surface area contributed by atoms with E-state index in [0.717, 1.165) is 43.6 Å². The number of terminal acetylenes is 1. The Morgan fingerprint density at radius 3 is 2.23 bits per heavy atom.